The molecule has 0 aliphatic rings. The third-order valence-corrected chi connectivity index (χ3v) is 4.01. The molecule has 2 rings (SSSR count). The van der Waals surface area contributed by atoms with Crippen molar-refractivity contribution in [3.63, 3.8) is 0 Å². The zero-order chi connectivity index (χ0) is 15.2. The average Bonchev–Trinajstić information content (AvgIpc) is 2.94. The van der Waals surface area contributed by atoms with E-state index in [1.165, 1.54) is 0 Å². The molecule has 0 bridgehead atoms. The van der Waals surface area contributed by atoms with Crippen LogP contribution in [0.4, 0.5) is 0 Å². The van der Waals surface area contributed by atoms with E-state index in [0.717, 1.165) is 35.6 Å². The van der Waals surface area contributed by atoms with Gasteiger partial charge in [0.05, 0.1) is 11.7 Å². The minimum atomic E-state index is -0.101. The Hall–Kier alpha value is -1.82. The van der Waals surface area contributed by atoms with Crippen molar-refractivity contribution in [3.8, 4) is 0 Å². The largest absolute Gasteiger partial charge is 0.344 e. The van der Waals surface area contributed by atoms with E-state index < -0.39 is 0 Å². The van der Waals surface area contributed by atoms with Crippen LogP contribution >= 0.6 is 11.5 Å². The molecule has 0 spiro atoms. The van der Waals surface area contributed by atoms with Gasteiger partial charge >= 0.3 is 0 Å². The van der Waals surface area contributed by atoms with Crippen molar-refractivity contribution in [2.45, 2.75) is 39.7 Å². The third-order valence-electron chi connectivity index (χ3n) is 3.25. The maximum absolute atomic E-state index is 12.5. The molecule has 21 heavy (non-hydrogen) atoms. The summed E-state index contributed by atoms with van der Waals surface area (Å²) in [6, 6.07) is 3.80. The van der Waals surface area contributed by atoms with Gasteiger partial charge in [-0.1, -0.05) is 37.7 Å². The lowest BCUT2D eigenvalue weighted by atomic mass is 9.97. The Morgan fingerprint density at radius 3 is 2.86 bits per heavy atom. The maximum Gasteiger partial charge on any atom is 0.265 e. The predicted molar refractivity (Wildman–Crippen MR) is 83.2 cm³/mol. The molecule has 1 N–H and O–H groups in total. The van der Waals surface area contributed by atoms with Crippen molar-refractivity contribution in [1.29, 1.82) is 0 Å². The second-order valence-corrected chi connectivity index (χ2v) is 6.03. The van der Waals surface area contributed by atoms with Crippen molar-refractivity contribution in [1.82, 2.24) is 19.9 Å². The second kappa shape index (κ2) is 7.26. The van der Waals surface area contributed by atoms with E-state index in [9.17, 15) is 4.79 Å². The molecule has 0 aliphatic heterocycles. The number of rotatable bonds is 6. The minimum absolute atomic E-state index is 0.0669. The highest BCUT2D eigenvalue weighted by Gasteiger charge is 2.22. The summed E-state index contributed by atoms with van der Waals surface area (Å²) >= 11 is 1.16. The summed E-state index contributed by atoms with van der Waals surface area (Å²) in [4.78, 5) is 17.2. The molecular weight excluding hydrogens is 284 g/mol. The first kappa shape index (κ1) is 15.6. The molecule has 1 unspecified atom stereocenters. The molecule has 0 aromatic carbocycles. The summed E-state index contributed by atoms with van der Waals surface area (Å²) in [5, 5.41) is 7.13. The first-order chi connectivity index (χ1) is 10.1. The molecule has 5 nitrogen and oxygen atoms in total. The highest BCUT2D eigenvalue weighted by Crippen LogP contribution is 2.22. The first-order valence-electron chi connectivity index (χ1n) is 7.15. The number of hydrogen-bond acceptors (Lipinski definition) is 5. The summed E-state index contributed by atoms with van der Waals surface area (Å²) in [7, 11) is 0. The highest BCUT2D eigenvalue weighted by molar-refractivity contribution is 7.08. The molecule has 2 aromatic rings. The van der Waals surface area contributed by atoms with Gasteiger partial charge in [0.2, 0.25) is 0 Å². The van der Waals surface area contributed by atoms with Gasteiger partial charge in [0.15, 0.2) is 0 Å². The van der Waals surface area contributed by atoms with Gasteiger partial charge in [-0.15, -0.1) is 5.10 Å². The van der Waals surface area contributed by atoms with Gasteiger partial charge in [-0.2, -0.15) is 0 Å². The van der Waals surface area contributed by atoms with Crippen LogP contribution in [0.3, 0.4) is 0 Å². The third kappa shape index (κ3) is 3.85. The van der Waals surface area contributed by atoms with Crippen molar-refractivity contribution in [2.24, 2.45) is 5.92 Å². The fraction of sp³-hybridized carbons (Fsp3) is 0.467. The van der Waals surface area contributed by atoms with E-state index in [0.29, 0.717) is 4.88 Å². The number of nitrogens with one attached hydrogen (secondary N) is 1. The Morgan fingerprint density at radius 1 is 1.43 bits per heavy atom. The van der Waals surface area contributed by atoms with E-state index in [4.69, 9.17) is 0 Å². The van der Waals surface area contributed by atoms with Crippen molar-refractivity contribution >= 4 is 17.4 Å². The van der Waals surface area contributed by atoms with E-state index >= 15 is 0 Å². The number of nitrogens with zero attached hydrogens (tertiary/aromatic N) is 3. The number of aromatic nitrogens is 3. The zero-order valence-corrected chi connectivity index (χ0v) is 13.4. The molecule has 1 amide bonds. The van der Waals surface area contributed by atoms with Gasteiger partial charge in [-0.05, 0) is 35.5 Å². The molecule has 2 heterocycles. The molecule has 112 valence electrons. The van der Waals surface area contributed by atoms with Gasteiger partial charge < -0.3 is 5.32 Å². The number of hydrogen-bond donors (Lipinski definition) is 1. The van der Waals surface area contributed by atoms with Crippen molar-refractivity contribution in [3.05, 3.63) is 40.7 Å². The van der Waals surface area contributed by atoms with Gasteiger partial charge in [-0.25, -0.2) is 0 Å². The number of amides is 1. The molecule has 0 fully saturated rings. The van der Waals surface area contributed by atoms with Crippen molar-refractivity contribution in [2.75, 3.05) is 0 Å². The van der Waals surface area contributed by atoms with Crippen LogP contribution < -0.4 is 5.32 Å². The Morgan fingerprint density at radius 2 is 2.24 bits per heavy atom. The Kier molecular flexibility index (Phi) is 5.38. The Balaban J connectivity index is 2.17. The predicted octanol–water partition coefficient (Wildman–Crippen LogP) is 3.01. The van der Waals surface area contributed by atoms with Crippen LogP contribution in [0.1, 0.15) is 54.2 Å². The molecule has 6 heteroatoms. The molecule has 0 saturated heterocycles. The van der Waals surface area contributed by atoms with Gasteiger partial charge in [-0.3, -0.25) is 9.78 Å². The smallest absolute Gasteiger partial charge is 0.265 e. The SMILES string of the molecule is CCCc1nnsc1C(=O)NC(c1cccnc1)C(C)C. The number of carbonyl (C=O) groups is 1. The van der Waals surface area contributed by atoms with E-state index in [2.05, 4.69) is 40.7 Å². The molecule has 0 radical (unpaired) electrons. The average molecular weight is 304 g/mol. The molecule has 0 aliphatic carbocycles. The Bertz CT molecular complexity index is 582. The topological polar surface area (TPSA) is 67.8 Å². The summed E-state index contributed by atoms with van der Waals surface area (Å²) in [6.45, 7) is 6.22. The van der Waals surface area contributed by atoms with Gasteiger partial charge in [0.1, 0.15) is 4.88 Å². The lowest BCUT2D eigenvalue weighted by molar-refractivity contribution is 0.0928. The number of aryl methyl sites for hydroxylation is 1. The highest BCUT2D eigenvalue weighted by atomic mass is 32.1. The van der Waals surface area contributed by atoms with E-state index in [1.54, 1.807) is 12.4 Å². The maximum atomic E-state index is 12.5. The molecule has 1 atom stereocenters. The summed E-state index contributed by atoms with van der Waals surface area (Å²) < 4.78 is 3.91. The standard InChI is InChI=1S/C15H20N4OS/c1-4-6-12-14(21-19-18-12)15(20)17-13(10(2)3)11-7-5-8-16-9-11/h5,7-10,13H,4,6H2,1-3H3,(H,17,20). The second-order valence-electron chi connectivity index (χ2n) is 5.28. The molecule has 2 aromatic heterocycles. The monoisotopic (exact) mass is 304 g/mol. The van der Waals surface area contributed by atoms with Crippen LogP contribution in [-0.4, -0.2) is 20.5 Å². The number of carbonyl (C=O) groups excluding carboxylic acids is 1. The van der Waals surface area contributed by atoms with Gasteiger partial charge in [0, 0.05) is 12.4 Å². The fourth-order valence-corrected chi connectivity index (χ4v) is 2.79. The van der Waals surface area contributed by atoms with E-state index in [-0.39, 0.29) is 17.9 Å². The number of pyridine rings is 1. The van der Waals surface area contributed by atoms with Crippen molar-refractivity contribution < 1.29 is 4.79 Å². The summed E-state index contributed by atoms with van der Waals surface area (Å²) in [6.07, 6.45) is 5.25. The Labute approximate surface area is 129 Å². The van der Waals surface area contributed by atoms with Gasteiger partial charge in [0.25, 0.3) is 5.91 Å². The zero-order valence-electron chi connectivity index (χ0n) is 12.5. The summed E-state index contributed by atoms with van der Waals surface area (Å²) in [5.41, 5.74) is 1.80. The lowest BCUT2D eigenvalue weighted by Crippen LogP contribution is -2.31. The van der Waals surface area contributed by atoms with Crippen LogP contribution in [0.2, 0.25) is 0 Å². The molecule has 0 saturated carbocycles. The quantitative estimate of drug-likeness (QED) is 0.890. The minimum Gasteiger partial charge on any atom is -0.344 e. The van der Waals surface area contributed by atoms with Crippen LogP contribution in [-0.2, 0) is 6.42 Å². The fourth-order valence-electron chi connectivity index (χ4n) is 2.18. The van der Waals surface area contributed by atoms with E-state index in [1.807, 2.05) is 12.1 Å². The summed E-state index contributed by atoms with van der Waals surface area (Å²) in [5.74, 6) is 0.171. The molecular formula is C15H20N4OS. The first-order valence-corrected chi connectivity index (χ1v) is 7.92. The van der Waals surface area contributed by atoms with Crippen LogP contribution in [0.5, 0.6) is 0 Å². The normalized spacial score (nSPS) is 12.4. The lowest BCUT2D eigenvalue weighted by Gasteiger charge is -2.22. The van der Waals surface area contributed by atoms with Crippen LogP contribution in [0.25, 0.3) is 0 Å². The van der Waals surface area contributed by atoms with Crippen LogP contribution in [0, 0.1) is 5.92 Å². The van der Waals surface area contributed by atoms with Crippen LogP contribution in [0.15, 0.2) is 24.5 Å².